The largest absolute Gasteiger partial charge is 0.375 e. The number of nitrogens with zero attached hydrogens (tertiary/aromatic N) is 1. The number of sulfonamides is 1. The van der Waals surface area contributed by atoms with E-state index in [4.69, 9.17) is 4.74 Å². The average molecular weight is 318 g/mol. The van der Waals surface area contributed by atoms with Crippen LogP contribution in [-0.4, -0.2) is 45.6 Å². The number of rotatable bonds is 5. The second-order valence-corrected chi connectivity index (χ2v) is 8.27. The predicted octanol–water partition coefficient (Wildman–Crippen LogP) is 1.58. The maximum absolute atomic E-state index is 12.7. The Hall–Kier alpha value is -0.470. The second kappa shape index (κ2) is 6.53. The zero-order valence-corrected chi connectivity index (χ0v) is 13.8. The summed E-state index contributed by atoms with van der Waals surface area (Å²) in [6.45, 7) is 6.05. The molecule has 7 heteroatoms. The molecule has 0 aromatic carbocycles. The first kappa shape index (κ1) is 15.9. The van der Waals surface area contributed by atoms with Crippen molar-refractivity contribution in [3.63, 3.8) is 0 Å². The standard InChI is InChI=1S/C13H22N2O3S2/c1-4-11-9-15(5-6-18-11)20(16,17)13-7-10(2)12(19-13)8-14-3/h7,11,14H,4-6,8-9H2,1-3H3. The highest BCUT2D eigenvalue weighted by atomic mass is 32.2. The molecule has 0 spiro atoms. The second-order valence-electron chi connectivity index (χ2n) is 4.97. The smallest absolute Gasteiger partial charge is 0.252 e. The van der Waals surface area contributed by atoms with Gasteiger partial charge in [0.15, 0.2) is 0 Å². The van der Waals surface area contributed by atoms with Crippen molar-refractivity contribution < 1.29 is 13.2 Å². The highest BCUT2D eigenvalue weighted by molar-refractivity contribution is 7.91. The van der Waals surface area contributed by atoms with Gasteiger partial charge in [-0.05, 0) is 32.0 Å². The SMILES string of the molecule is CCC1CN(S(=O)(=O)c2cc(C)c(CNC)s2)CCO1. The van der Waals surface area contributed by atoms with Gasteiger partial charge in [-0.25, -0.2) is 8.42 Å². The summed E-state index contributed by atoms with van der Waals surface area (Å²) in [6, 6.07) is 1.78. The van der Waals surface area contributed by atoms with E-state index in [0.717, 1.165) is 16.9 Å². The molecule has 1 unspecified atom stereocenters. The lowest BCUT2D eigenvalue weighted by atomic mass is 10.2. The molecule has 5 nitrogen and oxygen atoms in total. The van der Waals surface area contributed by atoms with Crippen LogP contribution in [0.2, 0.25) is 0 Å². The summed E-state index contributed by atoms with van der Waals surface area (Å²) in [5.41, 5.74) is 1.03. The summed E-state index contributed by atoms with van der Waals surface area (Å²) in [6.07, 6.45) is 0.844. The Labute approximate surface area is 125 Å². The maximum Gasteiger partial charge on any atom is 0.252 e. The van der Waals surface area contributed by atoms with E-state index >= 15 is 0 Å². The van der Waals surface area contributed by atoms with Gasteiger partial charge in [0.05, 0.1) is 12.7 Å². The maximum atomic E-state index is 12.7. The van der Waals surface area contributed by atoms with Crippen molar-refractivity contribution in [3.8, 4) is 0 Å². The third kappa shape index (κ3) is 3.23. The van der Waals surface area contributed by atoms with Crippen LogP contribution in [0.3, 0.4) is 0 Å². The van der Waals surface area contributed by atoms with Gasteiger partial charge in [-0.2, -0.15) is 4.31 Å². The molecule has 1 aliphatic heterocycles. The molecule has 1 aliphatic rings. The zero-order chi connectivity index (χ0) is 14.8. The first-order valence-corrected chi connectivity index (χ1v) is 9.10. The Morgan fingerprint density at radius 2 is 2.30 bits per heavy atom. The highest BCUT2D eigenvalue weighted by Gasteiger charge is 2.31. The Kier molecular flexibility index (Phi) is 5.19. The van der Waals surface area contributed by atoms with Crippen molar-refractivity contribution in [2.24, 2.45) is 0 Å². The van der Waals surface area contributed by atoms with Crippen molar-refractivity contribution in [3.05, 3.63) is 16.5 Å². The molecule has 0 amide bonds. The highest BCUT2D eigenvalue weighted by Crippen LogP contribution is 2.29. The van der Waals surface area contributed by atoms with Crippen LogP contribution in [0.5, 0.6) is 0 Å². The predicted molar refractivity (Wildman–Crippen MR) is 80.6 cm³/mol. The average Bonchev–Trinajstić information content (AvgIpc) is 2.81. The number of hydrogen-bond donors (Lipinski definition) is 1. The van der Waals surface area contributed by atoms with E-state index in [1.807, 2.05) is 20.9 Å². The van der Waals surface area contributed by atoms with Gasteiger partial charge >= 0.3 is 0 Å². The minimum atomic E-state index is -3.38. The minimum Gasteiger partial charge on any atom is -0.375 e. The van der Waals surface area contributed by atoms with E-state index in [9.17, 15) is 8.42 Å². The number of hydrogen-bond acceptors (Lipinski definition) is 5. The summed E-state index contributed by atoms with van der Waals surface area (Å²) >= 11 is 1.36. The normalized spacial score (nSPS) is 21.2. The lowest BCUT2D eigenvalue weighted by molar-refractivity contribution is -0.00272. The number of aryl methyl sites for hydroxylation is 1. The van der Waals surface area contributed by atoms with Crippen molar-refractivity contribution in [2.45, 2.75) is 37.1 Å². The van der Waals surface area contributed by atoms with Crippen LogP contribution in [0, 0.1) is 6.92 Å². The molecule has 1 saturated heterocycles. The molecule has 2 heterocycles. The van der Waals surface area contributed by atoms with Gasteiger partial charge in [-0.3, -0.25) is 0 Å². The third-order valence-electron chi connectivity index (χ3n) is 3.49. The van der Waals surface area contributed by atoms with Crippen LogP contribution in [0.4, 0.5) is 0 Å². The molecular weight excluding hydrogens is 296 g/mol. The van der Waals surface area contributed by atoms with Crippen molar-refractivity contribution in [2.75, 3.05) is 26.7 Å². The molecule has 1 atom stereocenters. The van der Waals surface area contributed by atoms with Gasteiger partial charge in [0.2, 0.25) is 0 Å². The van der Waals surface area contributed by atoms with Gasteiger partial charge in [0.1, 0.15) is 4.21 Å². The van der Waals surface area contributed by atoms with Crippen molar-refractivity contribution in [1.82, 2.24) is 9.62 Å². The molecule has 1 N–H and O–H groups in total. The van der Waals surface area contributed by atoms with Gasteiger partial charge < -0.3 is 10.1 Å². The molecule has 2 rings (SSSR count). The molecule has 20 heavy (non-hydrogen) atoms. The van der Waals surface area contributed by atoms with Crippen molar-refractivity contribution >= 4 is 21.4 Å². The van der Waals surface area contributed by atoms with Crippen LogP contribution in [0.15, 0.2) is 10.3 Å². The topological polar surface area (TPSA) is 58.6 Å². The fourth-order valence-corrected chi connectivity index (χ4v) is 5.45. The van der Waals surface area contributed by atoms with Crippen LogP contribution in [-0.2, 0) is 21.3 Å². The first-order chi connectivity index (χ1) is 9.48. The Bertz CT molecular complexity index is 554. The van der Waals surface area contributed by atoms with Crippen molar-refractivity contribution in [1.29, 1.82) is 0 Å². The molecule has 1 aromatic rings. The molecule has 114 valence electrons. The Morgan fingerprint density at radius 1 is 1.55 bits per heavy atom. The lowest BCUT2D eigenvalue weighted by Crippen LogP contribution is -2.45. The summed E-state index contributed by atoms with van der Waals surface area (Å²) in [5.74, 6) is 0. The zero-order valence-electron chi connectivity index (χ0n) is 12.2. The molecule has 0 aliphatic carbocycles. The van der Waals surface area contributed by atoms with E-state index in [2.05, 4.69) is 5.32 Å². The molecule has 0 saturated carbocycles. The Morgan fingerprint density at radius 3 is 2.95 bits per heavy atom. The third-order valence-corrected chi connectivity index (χ3v) is 7.04. The molecular formula is C13H22N2O3S2. The van der Waals surface area contributed by atoms with E-state index in [0.29, 0.717) is 30.5 Å². The Balaban J connectivity index is 2.23. The van der Waals surface area contributed by atoms with Gasteiger partial charge in [-0.1, -0.05) is 6.92 Å². The quantitative estimate of drug-likeness (QED) is 0.895. The minimum absolute atomic E-state index is 0.0105. The molecule has 0 bridgehead atoms. The number of morpholine rings is 1. The summed E-state index contributed by atoms with van der Waals surface area (Å²) < 4.78 is 32.9. The summed E-state index contributed by atoms with van der Waals surface area (Å²) in [4.78, 5) is 1.08. The fourth-order valence-electron chi connectivity index (χ4n) is 2.24. The van der Waals surface area contributed by atoms with Crippen LogP contribution in [0.1, 0.15) is 23.8 Å². The number of ether oxygens (including phenoxy) is 1. The van der Waals surface area contributed by atoms with E-state index in [1.54, 1.807) is 10.4 Å². The summed E-state index contributed by atoms with van der Waals surface area (Å²) in [5, 5.41) is 3.07. The van der Waals surface area contributed by atoms with Gasteiger partial charge in [0, 0.05) is 24.5 Å². The van der Waals surface area contributed by atoms with Crippen LogP contribution >= 0.6 is 11.3 Å². The number of thiophene rings is 1. The summed E-state index contributed by atoms with van der Waals surface area (Å²) in [7, 11) is -1.52. The molecule has 1 aromatic heterocycles. The number of nitrogens with one attached hydrogen (secondary N) is 1. The lowest BCUT2D eigenvalue weighted by Gasteiger charge is -2.31. The molecule has 1 fully saturated rings. The van der Waals surface area contributed by atoms with E-state index in [-0.39, 0.29) is 6.10 Å². The van der Waals surface area contributed by atoms with Crippen LogP contribution in [0.25, 0.3) is 0 Å². The van der Waals surface area contributed by atoms with Gasteiger partial charge in [-0.15, -0.1) is 11.3 Å². The first-order valence-electron chi connectivity index (χ1n) is 6.84. The van der Waals surface area contributed by atoms with E-state index < -0.39 is 10.0 Å². The molecule has 0 radical (unpaired) electrons. The monoisotopic (exact) mass is 318 g/mol. The van der Waals surface area contributed by atoms with E-state index in [1.165, 1.54) is 11.3 Å². The van der Waals surface area contributed by atoms with Gasteiger partial charge in [0.25, 0.3) is 10.0 Å². The fraction of sp³-hybridized carbons (Fsp3) is 0.692. The van der Waals surface area contributed by atoms with Crippen LogP contribution < -0.4 is 5.32 Å².